The SMILES string of the molecule is CCC(C)CC(CC(C)C)CC(C)(C)C. The lowest BCUT2D eigenvalue weighted by molar-refractivity contribution is 0.227. The third-order valence-electron chi connectivity index (χ3n) is 3.14. The molecule has 0 aromatic carbocycles. The van der Waals surface area contributed by atoms with Gasteiger partial charge >= 0.3 is 0 Å². The summed E-state index contributed by atoms with van der Waals surface area (Å²) in [5.74, 6) is 2.68. The maximum absolute atomic E-state index is 2.40. The zero-order chi connectivity index (χ0) is 12.1. The van der Waals surface area contributed by atoms with Crippen molar-refractivity contribution in [1.82, 2.24) is 0 Å². The quantitative estimate of drug-likeness (QED) is 0.543. The average Bonchev–Trinajstić information content (AvgIpc) is 1.99. The van der Waals surface area contributed by atoms with Gasteiger partial charge in [-0.3, -0.25) is 0 Å². The number of hydrogen-bond acceptors (Lipinski definition) is 0. The average molecular weight is 212 g/mol. The molecule has 2 unspecified atom stereocenters. The van der Waals surface area contributed by atoms with Gasteiger partial charge in [-0.15, -0.1) is 0 Å². The van der Waals surface area contributed by atoms with Crippen molar-refractivity contribution in [2.75, 3.05) is 0 Å². The van der Waals surface area contributed by atoms with Crippen molar-refractivity contribution < 1.29 is 0 Å². The Morgan fingerprint density at radius 2 is 1.47 bits per heavy atom. The molecule has 0 spiro atoms. The van der Waals surface area contributed by atoms with Crippen LogP contribution >= 0.6 is 0 Å². The fourth-order valence-corrected chi connectivity index (χ4v) is 2.53. The third kappa shape index (κ3) is 8.96. The Morgan fingerprint density at radius 3 is 1.80 bits per heavy atom. The van der Waals surface area contributed by atoms with Crippen molar-refractivity contribution in [1.29, 1.82) is 0 Å². The van der Waals surface area contributed by atoms with Crippen molar-refractivity contribution in [3.63, 3.8) is 0 Å². The summed E-state index contributed by atoms with van der Waals surface area (Å²) < 4.78 is 0. The van der Waals surface area contributed by atoms with E-state index in [-0.39, 0.29) is 0 Å². The van der Waals surface area contributed by atoms with E-state index < -0.39 is 0 Å². The van der Waals surface area contributed by atoms with Crippen LogP contribution in [0.15, 0.2) is 0 Å². The van der Waals surface area contributed by atoms with Crippen LogP contribution in [0.4, 0.5) is 0 Å². The van der Waals surface area contributed by atoms with Gasteiger partial charge in [0.15, 0.2) is 0 Å². The van der Waals surface area contributed by atoms with Crippen molar-refractivity contribution >= 4 is 0 Å². The molecule has 0 rings (SSSR count). The van der Waals surface area contributed by atoms with Crippen LogP contribution in [0, 0.1) is 23.2 Å². The molecule has 0 aromatic heterocycles. The van der Waals surface area contributed by atoms with Gasteiger partial charge in [0.2, 0.25) is 0 Å². The zero-order valence-electron chi connectivity index (χ0n) is 12.1. The van der Waals surface area contributed by atoms with Crippen molar-refractivity contribution in [2.45, 2.75) is 74.1 Å². The Hall–Kier alpha value is 0. The van der Waals surface area contributed by atoms with E-state index in [2.05, 4.69) is 48.5 Å². The Balaban J connectivity index is 4.18. The lowest BCUT2D eigenvalue weighted by Crippen LogP contribution is -2.17. The summed E-state index contributed by atoms with van der Waals surface area (Å²) in [4.78, 5) is 0. The van der Waals surface area contributed by atoms with Crippen molar-refractivity contribution in [3.8, 4) is 0 Å². The lowest BCUT2D eigenvalue weighted by Gasteiger charge is -2.29. The molecule has 0 heteroatoms. The highest BCUT2D eigenvalue weighted by Crippen LogP contribution is 2.32. The van der Waals surface area contributed by atoms with Crippen LogP contribution < -0.4 is 0 Å². The van der Waals surface area contributed by atoms with E-state index in [9.17, 15) is 0 Å². The van der Waals surface area contributed by atoms with Gasteiger partial charge in [0.1, 0.15) is 0 Å². The fourth-order valence-electron chi connectivity index (χ4n) is 2.53. The first-order valence-corrected chi connectivity index (χ1v) is 6.74. The standard InChI is InChI=1S/C15H32/c1-8-13(4)10-14(9-12(2)3)11-15(5,6)7/h12-14H,8-11H2,1-7H3. The van der Waals surface area contributed by atoms with Crippen LogP contribution in [0.5, 0.6) is 0 Å². The zero-order valence-corrected chi connectivity index (χ0v) is 12.1. The van der Waals surface area contributed by atoms with Crippen LogP contribution in [0.2, 0.25) is 0 Å². The highest BCUT2D eigenvalue weighted by atomic mass is 14.3. The second-order valence-corrected chi connectivity index (χ2v) is 7.01. The molecular formula is C15H32. The van der Waals surface area contributed by atoms with E-state index in [0.29, 0.717) is 5.41 Å². The van der Waals surface area contributed by atoms with E-state index in [1.165, 1.54) is 25.7 Å². The largest absolute Gasteiger partial charge is 0.0651 e. The highest BCUT2D eigenvalue weighted by molar-refractivity contribution is 4.72. The second-order valence-electron chi connectivity index (χ2n) is 7.01. The molecule has 0 aromatic rings. The molecule has 0 bridgehead atoms. The Labute approximate surface area is 97.8 Å². The van der Waals surface area contributed by atoms with Crippen LogP contribution in [0.1, 0.15) is 74.1 Å². The minimum absolute atomic E-state index is 0.493. The molecule has 0 N–H and O–H groups in total. The molecule has 0 fully saturated rings. The Bertz CT molecular complexity index is 150. The highest BCUT2D eigenvalue weighted by Gasteiger charge is 2.20. The van der Waals surface area contributed by atoms with Gasteiger partial charge in [0.25, 0.3) is 0 Å². The van der Waals surface area contributed by atoms with E-state index in [1.807, 2.05) is 0 Å². The van der Waals surface area contributed by atoms with Gasteiger partial charge in [0.05, 0.1) is 0 Å². The molecular weight excluding hydrogens is 180 g/mol. The lowest BCUT2D eigenvalue weighted by atomic mass is 9.77. The van der Waals surface area contributed by atoms with Crippen LogP contribution in [-0.4, -0.2) is 0 Å². The van der Waals surface area contributed by atoms with Crippen LogP contribution in [0.3, 0.4) is 0 Å². The smallest absolute Gasteiger partial charge is 0.0380 e. The first-order valence-electron chi connectivity index (χ1n) is 6.74. The van der Waals surface area contributed by atoms with Gasteiger partial charge in [-0.1, -0.05) is 54.9 Å². The summed E-state index contributed by atoms with van der Waals surface area (Å²) in [6.07, 6.45) is 5.54. The molecule has 92 valence electrons. The molecule has 0 saturated heterocycles. The monoisotopic (exact) mass is 212 g/mol. The molecule has 0 heterocycles. The third-order valence-corrected chi connectivity index (χ3v) is 3.14. The summed E-state index contributed by atoms with van der Waals surface area (Å²) in [6, 6.07) is 0. The molecule has 0 amide bonds. The summed E-state index contributed by atoms with van der Waals surface area (Å²) in [6.45, 7) is 16.5. The van der Waals surface area contributed by atoms with Crippen molar-refractivity contribution in [2.24, 2.45) is 23.2 Å². The van der Waals surface area contributed by atoms with E-state index in [1.54, 1.807) is 0 Å². The predicted octanol–water partition coefficient (Wildman–Crippen LogP) is 5.52. The molecule has 0 aliphatic heterocycles. The van der Waals surface area contributed by atoms with Gasteiger partial charge < -0.3 is 0 Å². The topological polar surface area (TPSA) is 0 Å². The van der Waals surface area contributed by atoms with Gasteiger partial charge in [-0.2, -0.15) is 0 Å². The number of rotatable bonds is 6. The number of hydrogen-bond donors (Lipinski definition) is 0. The molecule has 0 radical (unpaired) electrons. The Morgan fingerprint density at radius 1 is 0.933 bits per heavy atom. The van der Waals surface area contributed by atoms with Crippen LogP contribution in [-0.2, 0) is 0 Å². The molecule has 0 aliphatic rings. The Kier molecular flexibility index (Phi) is 6.55. The maximum atomic E-state index is 2.40. The van der Waals surface area contributed by atoms with E-state index >= 15 is 0 Å². The van der Waals surface area contributed by atoms with Crippen molar-refractivity contribution in [3.05, 3.63) is 0 Å². The molecule has 0 nitrogen and oxygen atoms in total. The second kappa shape index (κ2) is 6.55. The summed E-state index contributed by atoms with van der Waals surface area (Å²) in [5, 5.41) is 0. The first kappa shape index (κ1) is 15.0. The van der Waals surface area contributed by atoms with E-state index in [4.69, 9.17) is 0 Å². The summed E-state index contributed by atoms with van der Waals surface area (Å²) in [5.41, 5.74) is 0.493. The summed E-state index contributed by atoms with van der Waals surface area (Å²) in [7, 11) is 0. The molecule has 15 heavy (non-hydrogen) atoms. The minimum atomic E-state index is 0.493. The molecule has 2 atom stereocenters. The molecule has 0 saturated carbocycles. The minimum Gasteiger partial charge on any atom is -0.0651 e. The van der Waals surface area contributed by atoms with Gasteiger partial charge in [-0.25, -0.2) is 0 Å². The maximum Gasteiger partial charge on any atom is -0.0380 e. The normalized spacial score (nSPS) is 16.8. The fraction of sp³-hybridized carbons (Fsp3) is 1.00. The summed E-state index contributed by atoms with van der Waals surface area (Å²) >= 11 is 0. The van der Waals surface area contributed by atoms with Crippen LogP contribution in [0.25, 0.3) is 0 Å². The van der Waals surface area contributed by atoms with E-state index in [0.717, 1.165) is 17.8 Å². The predicted molar refractivity (Wildman–Crippen MR) is 71.1 cm³/mol. The first-order chi connectivity index (χ1) is 6.74. The molecule has 0 aliphatic carbocycles. The van der Waals surface area contributed by atoms with Gasteiger partial charge in [-0.05, 0) is 42.4 Å². The van der Waals surface area contributed by atoms with Gasteiger partial charge in [0, 0.05) is 0 Å².